The largest absolute Gasteiger partial charge is 0.494 e. The summed E-state index contributed by atoms with van der Waals surface area (Å²) >= 11 is 3.45. The maximum absolute atomic E-state index is 12.5. The fraction of sp³-hybridized carbons (Fsp3) is 0.286. The van der Waals surface area contributed by atoms with Crippen LogP contribution < -0.4 is 4.74 Å². The van der Waals surface area contributed by atoms with Crippen molar-refractivity contribution in [3.63, 3.8) is 0 Å². The first-order chi connectivity index (χ1) is 13.6. The second-order valence-corrected chi connectivity index (χ2v) is 7.64. The summed E-state index contributed by atoms with van der Waals surface area (Å²) < 4.78 is 12.0. The molecule has 2 heterocycles. The number of halogens is 1. The normalized spacial score (nSPS) is 16.6. The molecule has 1 unspecified atom stereocenters. The van der Waals surface area contributed by atoms with Crippen molar-refractivity contribution in [2.24, 2.45) is 0 Å². The summed E-state index contributed by atoms with van der Waals surface area (Å²) in [7, 11) is 0. The second kappa shape index (κ2) is 8.14. The van der Waals surface area contributed by atoms with Gasteiger partial charge in [-0.25, -0.2) is 0 Å². The van der Waals surface area contributed by atoms with E-state index in [1.165, 1.54) is 0 Å². The van der Waals surface area contributed by atoms with E-state index in [0.717, 1.165) is 21.3 Å². The SMILES string of the molecule is CCOc1cccc(CN2CC(c3nc(-c4cccc(Br)c4)no3)CC2=O)c1. The Hall–Kier alpha value is -2.67. The van der Waals surface area contributed by atoms with Gasteiger partial charge in [0.05, 0.1) is 12.5 Å². The number of hydrogen-bond acceptors (Lipinski definition) is 5. The van der Waals surface area contributed by atoms with Crippen LogP contribution in [0.4, 0.5) is 0 Å². The zero-order valence-electron chi connectivity index (χ0n) is 15.5. The molecule has 1 aliphatic rings. The van der Waals surface area contributed by atoms with Crippen LogP contribution in [0.25, 0.3) is 11.4 Å². The number of rotatable bonds is 6. The van der Waals surface area contributed by atoms with Crippen LogP contribution in [0.2, 0.25) is 0 Å². The summed E-state index contributed by atoms with van der Waals surface area (Å²) in [5.74, 6) is 1.87. The van der Waals surface area contributed by atoms with Crippen molar-refractivity contribution < 1.29 is 14.1 Å². The molecule has 0 saturated carbocycles. The molecule has 3 aromatic rings. The smallest absolute Gasteiger partial charge is 0.232 e. The van der Waals surface area contributed by atoms with Crippen molar-refractivity contribution in [1.29, 1.82) is 0 Å². The number of ether oxygens (including phenoxy) is 1. The first-order valence-corrected chi connectivity index (χ1v) is 10.0. The molecule has 1 atom stereocenters. The topological polar surface area (TPSA) is 68.5 Å². The molecule has 28 heavy (non-hydrogen) atoms. The number of carbonyl (C=O) groups excluding carboxylic acids is 1. The maximum Gasteiger partial charge on any atom is 0.232 e. The predicted octanol–water partition coefficient (Wildman–Crippen LogP) is 4.41. The number of benzene rings is 2. The highest BCUT2D eigenvalue weighted by atomic mass is 79.9. The van der Waals surface area contributed by atoms with Gasteiger partial charge in [-0.3, -0.25) is 4.79 Å². The van der Waals surface area contributed by atoms with E-state index < -0.39 is 0 Å². The average molecular weight is 442 g/mol. The third-order valence-electron chi connectivity index (χ3n) is 4.67. The lowest BCUT2D eigenvalue weighted by atomic mass is 10.1. The van der Waals surface area contributed by atoms with Crippen LogP contribution in [0.15, 0.2) is 57.5 Å². The van der Waals surface area contributed by atoms with E-state index in [2.05, 4.69) is 26.1 Å². The van der Waals surface area contributed by atoms with Gasteiger partial charge in [-0.2, -0.15) is 4.98 Å². The molecule has 144 valence electrons. The second-order valence-electron chi connectivity index (χ2n) is 6.72. The molecule has 7 heteroatoms. The Labute approximate surface area is 171 Å². The highest BCUT2D eigenvalue weighted by molar-refractivity contribution is 9.10. The molecule has 6 nitrogen and oxygen atoms in total. The summed E-state index contributed by atoms with van der Waals surface area (Å²) in [6, 6.07) is 15.6. The molecule has 0 spiro atoms. The fourth-order valence-electron chi connectivity index (χ4n) is 3.36. The van der Waals surface area contributed by atoms with E-state index in [1.54, 1.807) is 0 Å². The van der Waals surface area contributed by atoms with Gasteiger partial charge in [0, 0.05) is 29.5 Å². The minimum atomic E-state index is -0.0871. The summed E-state index contributed by atoms with van der Waals surface area (Å²) in [4.78, 5) is 18.8. The van der Waals surface area contributed by atoms with Crippen molar-refractivity contribution in [2.75, 3.05) is 13.2 Å². The standard InChI is InChI=1S/C21H20BrN3O3/c1-2-27-18-8-3-5-14(9-18)12-25-13-16(11-19(25)26)21-23-20(24-28-21)15-6-4-7-17(22)10-15/h3-10,16H,2,11-13H2,1H3. The number of likely N-dealkylation sites (tertiary alicyclic amines) is 1. The van der Waals surface area contributed by atoms with Crippen LogP contribution >= 0.6 is 15.9 Å². The monoisotopic (exact) mass is 441 g/mol. The number of hydrogen-bond donors (Lipinski definition) is 0. The highest BCUT2D eigenvalue weighted by Crippen LogP contribution is 2.30. The quantitative estimate of drug-likeness (QED) is 0.566. The van der Waals surface area contributed by atoms with Crippen LogP contribution in [-0.2, 0) is 11.3 Å². The van der Waals surface area contributed by atoms with Crippen LogP contribution in [-0.4, -0.2) is 34.1 Å². The minimum Gasteiger partial charge on any atom is -0.494 e. The first kappa shape index (κ1) is 18.7. The lowest BCUT2D eigenvalue weighted by Gasteiger charge is -2.16. The van der Waals surface area contributed by atoms with E-state index in [1.807, 2.05) is 60.4 Å². The Morgan fingerprint density at radius 2 is 2.11 bits per heavy atom. The Morgan fingerprint density at radius 3 is 2.93 bits per heavy atom. The van der Waals surface area contributed by atoms with Crippen LogP contribution in [0.1, 0.15) is 30.7 Å². The molecule has 0 aliphatic carbocycles. The molecule has 0 radical (unpaired) electrons. The zero-order chi connectivity index (χ0) is 19.5. The molecule has 0 bridgehead atoms. The van der Waals surface area contributed by atoms with Crippen LogP contribution in [0, 0.1) is 0 Å². The Kier molecular flexibility index (Phi) is 5.43. The zero-order valence-corrected chi connectivity index (χ0v) is 17.1. The minimum absolute atomic E-state index is 0.0871. The van der Waals surface area contributed by atoms with Crippen molar-refractivity contribution in [1.82, 2.24) is 15.0 Å². The first-order valence-electron chi connectivity index (χ1n) is 9.21. The molecular weight excluding hydrogens is 422 g/mol. The average Bonchev–Trinajstić information content (AvgIpc) is 3.30. The highest BCUT2D eigenvalue weighted by Gasteiger charge is 2.34. The Morgan fingerprint density at radius 1 is 1.25 bits per heavy atom. The molecule has 0 N–H and O–H groups in total. The maximum atomic E-state index is 12.5. The third kappa shape index (κ3) is 4.09. The van der Waals surface area contributed by atoms with Gasteiger partial charge in [0.25, 0.3) is 0 Å². The third-order valence-corrected chi connectivity index (χ3v) is 5.16. The van der Waals surface area contributed by atoms with Crippen molar-refractivity contribution in [2.45, 2.75) is 25.8 Å². The van der Waals surface area contributed by atoms with E-state index in [9.17, 15) is 4.79 Å². The van der Waals surface area contributed by atoms with E-state index in [0.29, 0.717) is 37.8 Å². The molecule has 1 saturated heterocycles. The number of carbonyl (C=O) groups is 1. The Bertz CT molecular complexity index is 988. The summed E-state index contributed by atoms with van der Waals surface area (Å²) in [6.07, 6.45) is 0.380. The fourth-order valence-corrected chi connectivity index (χ4v) is 3.76. The summed E-state index contributed by atoms with van der Waals surface area (Å²) in [6.45, 7) is 3.68. The number of nitrogens with zero attached hydrogens (tertiary/aromatic N) is 3. The van der Waals surface area contributed by atoms with Gasteiger partial charge in [-0.05, 0) is 36.8 Å². The molecular formula is C21H20BrN3O3. The number of aromatic nitrogens is 2. The lowest BCUT2D eigenvalue weighted by Crippen LogP contribution is -2.24. The predicted molar refractivity (Wildman–Crippen MR) is 108 cm³/mol. The molecule has 1 fully saturated rings. The summed E-state index contributed by atoms with van der Waals surface area (Å²) in [5.41, 5.74) is 1.92. The molecule has 1 aromatic heterocycles. The van der Waals surface area contributed by atoms with Gasteiger partial charge in [0.15, 0.2) is 0 Å². The molecule has 2 aromatic carbocycles. The van der Waals surface area contributed by atoms with Gasteiger partial charge >= 0.3 is 0 Å². The van der Waals surface area contributed by atoms with Crippen molar-refractivity contribution in [3.8, 4) is 17.1 Å². The van der Waals surface area contributed by atoms with Crippen molar-refractivity contribution >= 4 is 21.8 Å². The summed E-state index contributed by atoms with van der Waals surface area (Å²) in [5, 5.41) is 4.08. The van der Waals surface area contributed by atoms with Crippen molar-refractivity contribution in [3.05, 3.63) is 64.5 Å². The van der Waals surface area contributed by atoms with Crippen LogP contribution in [0.5, 0.6) is 5.75 Å². The molecule has 1 amide bonds. The van der Waals surface area contributed by atoms with E-state index in [4.69, 9.17) is 9.26 Å². The Balaban J connectivity index is 1.46. The number of amides is 1. The van der Waals surface area contributed by atoms with E-state index in [-0.39, 0.29) is 11.8 Å². The van der Waals surface area contributed by atoms with Gasteiger partial charge in [0.2, 0.25) is 17.6 Å². The van der Waals surface area contributed by atoms with Gasteiger partial charge in [-0.15, -0.1) is 0 Å². The van der Waals surface area contributed by atoms with E-state index >= 15 is 0 Å². The lowest BCUT2D eigenvalue weighted by molar-refractivity contribution is -0.128. The molecule has 1 aliphatic heterocycles. The van der Waals surface area contributed by atoms with Gasteiger partial charge in [-0.1, -0.05) is 45.4 Å². The van der Waals surface area contributed by atoms with Crippen LogP contribution in [0.3, 0.4) is 0 Å². The van der Waals surface area contributed by atoms with Gasteiger partial charge < -0.3 is 14.2 Å². The van der Waals surface area contributed by atoms with Gasteiger partial charge in [0.1, 0.15) is 5.75 Å². The molecule has 4 rings (SSSR count).